The molecule has 2 saturated carbocycles. The first kappa shape index (κ1) is 14.0. The van der Waals surface area contributed by atoms with Gasteiger partial charge in [0.05, 0.1) is 18.3 Å². The smallest absolute Gasteiger partial charge is 0.0877 e. The van der Waals surface area contributed by atoms with Crippen molar-refractivity contribution >= 4 is 0 Å². The molecule has 3 N–H and O–H groups in total. The van der Waals surface area contributed by atoms with Gasteiger partial charge in [0, 0.05) is 0 Å². The van der Waals surface area contributed by atoms with Crippen LogP contribution in [-0.2, 0) is 0 Å². The molecule has 5 atom stereocenters. The highest BCUT2D eigenvalue weighted by Gasteiger charge is 2.48. The molecule has 18 heavy (non-hydrogen) atoms. The van der Waals surface area contributed by atoms with Crippen molar-refractivity contribution in [3.63, 3.8) is 0 Å². The summed E-state index contributed by atoms with van der Waals surface area (Å²) in [6, 6.07) is 0. The van der Waals surface area contributed by atoms with E-state index in [0.29, 0.717) is 12.3 Å². The summed E-state index contributed by atoms with van der Waals surface area (Å²) < 4.78 is 0. The van der Waals surface area contributed by atoms with E-state index in [1.165, 1.54) is 0 Å². The number of hydrogen-bond acceptors (Lipinski definition) is 3. The minimum atomic E-state index is -0.988. The summed E-state index contributed by atoms with van der Waals surface area (Å²) in [5, 5.41) is 29.4. The zero-order valence-corrected chi connectivity index (χ0v) is 11.5. The van der Waals surface area contributed by atoms with Gasteiger partial charge >= 0.3 is 0 Å². The first-order valence-corrected chi connectivity index (χ1v) is 6.97. The second kappa shape index (κ2) is 4.62. The van der Waals surface area contributed by atoms with Gasteiger partial charge in [-0.15, -0.1) is 0 Å². The summed E-state index contributed by atoms with van der Waals surface area (Å²) in [4.78, 5) is 0. The molecule has 2 aliphatic carbocycles. The second-order valence-electron chi connectivity index (χ2n) is 6.91. The highest BCUT2D eigenvalue weighted by atomic mass is 16.3. The monoisotopic (exact) mass is 254 g/mol. The zero-order valence-electron chi connectivity index (χ0n) is 11.5. The first-order valence-electron chi connectivity index (χ1n) is 6.97. The van der Waals surface area contributed by atoms with E-state index >= 15 is 0 Å². The molecule has 0 saturated heterocycles. The average Bonchev–Trinajstić information content (AvgIpc) is 2.27. The van der Waals surface area contributed by atoms with Crippen molar-refractivity contribution in [2.75, 3.05) is 6.61 Å². The molecule has 0 aromatic heterocycles. The van der Waals surface area contributed by atoms with Crippen molar-refractivity contribution in [1.29, 1.82) is 0 Å². The predicted molar refractivity (Wildman–Crippen MR) is 71.0 cm³/mol. The van der Waals surface area contributed by atoms with E-state index in [1.54, 1.807) is 6.92 Å². The first-order chi connectivity index (χ1) is 8.28. The molecule has 0 heterocycles. The zero-order chi connectivity index (χ0) is 13.6. The Morgan fingerprint density at radius 3 is 2.78 bits per heavy atom. The summed E-state index contributed by atoms with van der Waals surface area (Å²) in [5.41, 5.74) is 0.253. The Morgan fingerprint density at radius 1 is 1.50 bits per heavy atom. The average molecular weight is 254 g/mol. The Bertz CT molecular complexity index is 337. The maximum atomic E-state index is 10.2. The minimum Gasteiger partial charge on any atom is -0.393 e. The molecule has 0 aliphatic heterocycles. The van der Waals surface area contributed by atoms with Gasteiger partial charge in [-0.05, 0) is 56.3 Å². The normalized spacial score (nSPS) is 44.3. The molecule has 0 aromatic rings. The number of hydrogen-bond donors (Lipinski definition) is 3. The summed E-state index contributed by atoms with van der Waals surface area (Å²) in [5.74, 6) is 0.505. The molecular weight excluding hydrogens is 228 g/mol. The molecule has 0 radical (unpaired) electrons. The van der Waals surface area contributed by atoms with Gasteiger partial charge in [0.2, 0.25) is 0 Å². The third kappa shape index (κ3) is 2.36. The summed E-state index contributed by atoms with van der Waals surface area (Å²) in [6.07, 6.45) is 4.07. The number of fused-ring (bicyclic) bond motifs is 1. The third-order valence-electron chi connectivity index (χ3n) is 5.32. The highest BCUT2D eigenvalue weighted by molar-refractivity contribution is 5.15. The standard InChI is InChI=1S/C15H26O3/c1-10-6-12(17)8-14(2)5-4-11(7-13(10)14)15(3,18)9-16/h11-13,16-18H,1,4-9H2,2-3H3. The summed E-state index contributed by atoms with van der Waals surface area (Å²) in [6.45, 7) is 7.90. The maximum Gasteiger partial charge on any atom is 0.0877 e. The molecule has 0 aromatic carbocycles. The van der Waals surface area contributed by atoms with Gasteiger partial charge in [-0.25, -0.2) is 0 Å². The van der Waals surface area contributed by atoms with Crippen LogP contribution in [0.4, 0.5) is 0 Å². The highest BCUT2D eigenvalue weighted by Crippen LogP contribution is 2.54. The van der Waals surface area contributed by atoms with Crippen LogP contribution in [-0.4, -0.2) is 33.6 Å². The van der Waals surface area contributed by atoms with Crippen LogP contribution in [0.2, 0.25) is 0 Å². The SMILES string of the molecule is C=C1CC(O)CC2(C)CCC(C(C)(O)CO)CC12. The van der Waals surface area contributed by atoms with Crippen molar-refractivity contribution in [3.8, 4) is 0 Å². The summed E-state index contributed by atoms with van der Waals surface area (Å²) in [7, 11) is 0. The Balaban J connectivity index is 2.16. The van der Waals surface area contributed by atoms with Gasteiger partial charge in [0.1, 0.15) is 0 Å². The molecule has 104 valence electrons. The van der Waals surface area contributed by atoms with Crippen molar-refractivity contribution < 1.29 is 15.3 Å². The molecule has 3 nitrogen and oxygen atoms in total. The van der Waals surface area contributed by atoms with Gasteiger partial charge in [-0.2, -0.15) is 0 Å². The second-order valence-corrected chi connectivity index (χ2v) is 6.91. The van der Waals surface area contributed by atoms with E-state index in [-0.39, 0.29) is 24.0 Å². The fourth-order valence-electron chi connectivity index (χ4n) is 4.02. The lowest BCUT2D eigenvalue weighted by Crippen LogP contribution is -2.48. The van der Waals surface area contributed by atoms with Crippen LogP contribution < -0.4 is 0 Å². The predicted octanol–water partition coefficient (Wildman–Crippen LogP) is 1.86. The molecule has 2 rings (SSSR count). The molecule has 2 fully saturated rings. The number of aliphatic hydroxyl groups excluding tert-OH is 2. The van der Waals surface area contributed by atoms with Crippen molar-refractivity contribution in [2.45, 2.75) is 57.7 Å². The quantitative estimate of drug-likeness (QED) is 0.659. The molecular formula is C15H26O3. The number of aliphatic hydroxyl groups is 3. The van der Waals surface area contributed by atoms with E-state index in [9.17, 15) is 15.3 Å². The van der Waals surface area contributed by atoms with Crippen LogP contribution in [0.3, 0.4) is 0 Å². The summed E-state index contributed by atoms with van der Waals surface area (Å²) >= 11 is 0. The lowest BCUT2D eigenvalue weighted by Gasteiger charge is -2.52. The van der Waals surface area contributed by atoms with Crippen molar-refractivity contribution in [3.05, 3.63) is 12.2 Å². The van der Waals surface area contributed by atoms with Gasteiger partial charge in [-0.3, -0.25) is 0 Å². The van der Waals surface area contributed by atoms with E-state index in [1.807, 2.05) is 0 Å². The third-order valence-corrected chi connectivity index (χ3v) is 5.32. The van der Waals surface area contributed by atoms with Gasteiger partial charge < -0.3 is 15.3 Å². The Hall–Kier alpha value is -0.380. The lowest BCUT2D eigenvalue weighted by molar-refractivity contribution is -0.0897. The van der Waals surface area contributed by atoms with E-state index < -0.39 is 5.60 Å². The van der Waals surface area contributed by atoms with Crippen LogP contribution in [0.25, 0.3) is 0 Å². The van der Waals surface area contributed by atoms with Crippen molar-refractivity contribution in [2.24, 2.45) is 17.3 Å². The Labute approximate surface area is 110 Å². The van der Waals surface area contributed by atoms with Gasteiger partial charge in [0.25, 0.3) is 0 Å². The number of rotatable bonds is 2. The van der Waals surface area contributed by atoms with E-state index in [2.05, 4.69) is 13.5 Å². The lowest BCUT2D eigenvalue weighted by atomic mass is 9.55. The molecule has 5 unspecified atom stereocenters. The fourth-order valence-corrected chi connectivity index (χ4v) is 4.02. The van der Waals surface area contributed by atoms with Gasteiger partial charge in [0.15, 0.2) is 0 Å². The molecule has 2 aliphatic rings. The largest absolute Gasteiger partial charge is 0.393 e. The Kier molecular flexibility index (Phi) is 3.60. The fraction of sp³-hybridized carbons (Fsp3) is 0.867. The van der Waals surface area contributed by atoms with Gasteiger partial charge in [-0.1, -0.05) is 19.1 Å². The maximum absolute atomic E-state index is 10.2. The molecule has 3 heteroatoms. The van der Waals surface area contributed by atoms with E-state index in [4.69, 9.17) is 0 Å². The van der Waals surface area contributed by atoms with Crippen LogP contribution >= 0.6 is 0 Å². The molecule has 0 spiro atoms. The van der Waals surface area contributed by atoms with E-state index in [0.717, 1.165) is 31.3 Å². The van der Waals surface area contributed by atoms with Crippen LogP contribution in [0.5, 0.6) is 0 Å². The van der Waals surface area contributed by atoms with Crippen LogP contribution in [0.15, 0.2) is 12.2 Å². The minimum absolute atomic E-state index is 0.122. The molecule has 0 bridgehead atoms. The molecule has 0 amide bonds. The van der Waals surface area contributed by atoms with Crippen molar-refractivity contribution in [1.82, 2.24) is 0 Å². The topological polar surface area (TPSA) is 60.7 Å². The van der Waals surface area contributed by atoms with Crippen LogP contribution in [0.1, 0.15) is 46.0 Å². The van der Waals surface area contributed by atoms with Crippen LogP contribution in [0, 0.1) is 17.3 Å². The Morgan fingerprint density at radius 2 is 2.17 bits per heavy atom.